The van der Waals surface area contributed by atoms with E-state index in [1.165, 1.54) is 17.0 Å². The van der Waals surface area contributed by atoms with Gasteiger partial charge in [0.15, 0.2) is 0 Å². The number of aryl methyl sites for hydroxylation is 1. The van der Waals surface area contributed by atoms with Crippen LogP contribution in [0.3, 0.4) is 0 Å². The molecule has 198 valence electrons. The van der Waals surface area contributed by atoms with Gasteiger partial charge in [-0.25, -0.2) is 9.37 Å². The molecule has 2 aliphatic heterocycles. The van der Waals surface area contributed by atoms with E-state index in [0.29, 0.717) is 37.1 Å². The second kappa shape index (κ2) is 10.6. The number of nitrogens with one attached hydrogen (secondary N) is 1. The van der Waals surface area contributed by atoms with Gasteiger partial charge in [-0.3, -0.25) is 14.4 Å². The lowest BCUT2D eigenvalue weighted by molar-refractivity contribution is -0.143. The number of rotatable bonds is 7. The van der Waals surface area contributed by atoms with Crippen LogP contribution >= 0.6 is 11.3 Å². The molecule has 3 amide bonds. The summed E-state index contributed by atoms with van der Waals surface area (Å²) in [6.45, 7) is 6.58. The summed E-state index contributed by atoms with van der Waals surface area (Å²) in [5, 5.41) is 2.99. The standard InChI is InChI=1S/C29H31FN4O3S/c1-17(2)25(34-15-22-21(28(34)36)6-4-7-23(22)30)29(37)33-13-5-8-24(33)27(35)31-14-19-9-11-20(12-10-19)26-18(3)32-16-38-26/h4,6-7,9-12,16-17,24-25H,5,8,13-15H2,1-3H3,(H,31,35)/t24-,25?/m0/s1. The lowest BCUT2D eigenvalue weighted by Crippen LogP contribution is -2.55. The Balaban J connectivity index is 1.26. The van der Waals surface area contributed by atoms with E-state index in [2.05, 4.69) is 10.3 Å². The number of hydrogen-bond donors (Lipinski definition) is 1. The summed E-state index contributed by atoms with van der Waals surface area (Å²) in [6, 6.07) is 11.1. The molecule has 1 unspecified atom stereocenters. The number of carbonyl (C=O) groups is 3. The maximum absolute atomic E-state index is 14.4. The van der Waals surface area contributed by atoms with Crippen LogP contribution in [0, 0.1) is 18.7 Å². The van der Waals surface area contributed by atoms with Crippen molar-refractivity contribution in [3.05, 3.63) is 76.2 Å². The van der Waals surface area contributed by atoms with Crippen molar-refractivity contribution in [2.45, 2.75) is 58.8 Å². The van der Waals surface area contributed by atoms with Gasteiger partial charge in [0.1, 0.15) is 17.9 Å². The molecule has 7 nitrogen and oxygen atoms in total. The molecule has 38 heavy (non-hydrogen) atoms. The molecule has 0 saturated carbocycles. The maximum Gasteiger partial charge on any atom is 0.255 e. The van der Waals surface area contributed by atoms with Crippen molar-refractivity contribution in [2.24, 2.45) is 5.92 Å². The van der Waals surface area contributed by atoms with E-state index in [0.717, 1.165) is 21.7 Å². The van der Waals surface area contributed by atoms with Crippen molar-refractivity contribution in [3.63, 3.8) is 0 Å². The maximum atomic E-state index is 14.4. The first-order valence-corrected chi connectivity index (χ1v) is 13.8. The summed E-state index contributed by atoms with van der Waals surface area (Å²) >= 11 is 1.60. The van der Waals surface area contributed by atoms with E-state index in [9.17, 15) is 18.8 Å². The Bertz CT molecular complexity index is 1370. The molecule has 1 fully saturated rings. The van der Waals surface area contributed by atoms with Crippen LogP contribution < -0.4 is 5.32 Å². The van der Waals surface area contributed by atoms with E-state index < -0.39 is 17.9 Å². The number of benzene rings is 2. The summed E-state index contributed by atoms with van der Waals surface area (Å²) in [6.07, 6.45) is 1.27. The van der Waals surface area contributed by atoms with Gasteiger partial charge in [-0.2, -0.15) is 0 Å². The summed E-state index contributed by atoms with van der Waals surface area (Å²) in [5.74, 6) is -1.45. The highest BCUT2D eigenvalue weighted by Gasteiger charge is 2.44. The number of aromatic nitrogens is 1. The highest BCUT2D eigenvalue weighted by Crippen LogP contribution is 2.31. The molecule has 5 rings (SSSR count). The first-order valence-electron chi connectivity index (χ1n) is 12.9. The lowest BCUT2D eigenvalue weighted by Gasteiger charge is -2.35. The fourth-order valence-corrected chi connectivity index (χ4v) is 6.26. The SMILES string of the molecule is Cc1ncsc1-c1ccc(CNC(=O)[C@@H]2CCCN2C(=O)C(C(C)C)N2Cc3c(F)cccc3C2=O)cc1. The van der Waals surface area contributed by atoms with Gasteiger partial charge in [-0.15, -0.1) is 11.3 Å². The van der Waals surface area contributed by atoms with Gasteiger partial charge in [-0.05, 0) is 48.9 Å². The van der Waals surface area contributed by atoms with Crippen molar-refractivity contribution < 1.29 is 18.8 Å². The quantitative estimate of drug-likeness (QED) is 0.482. The molecule has 0 radical (unpaired) electrons. The zero-order valence-electron chi connectivity index (χ0n) is 21.7. The van der Waals surface area contributed by atoms with Crippen LogP contribution in [0.2, 0.25) is 0 Å². The first-order chi connectivity index (χ1) is 18.3. The average Bonchev–Trinajstić information content (AvgIpc) is 3.63. The van der Waals surface area contributed by atoms with E-state index in [-0.39, 0.29) is 30.2 Å². The Hall–Kier alpha value is -3.59. The summed E-state index contributed by atoms with van der Waals surface area (Å²) in [4.78, 5) is 48.6. The zero-order chi connectivity index (χ0) is 27.0. The van der Waals surface area contributed by atoms with Crippen molar-refractivity contribution in [3.8, 4) is 10.4 Å². The monoisotopic (exact) mass is 534 g/mol. The predicted octanol–water partition coefficient (Wildman–Crippen LogP) is 4.55. The van der Waals surface area contributed by atoms with Crippen LogP contribution in [0.1, 0.15) is 53.9 Å². The largest absolute Gasteiger partial charge is 0.350 e. The molecule has 9 heteroatoms. The highest BCUT2D eigenvalue weighted by atomic mass is 32.1. The van der Waals surface area contributed by atoms with Gasteiger partial charge < -0.3 is 15.1 Å². The molecule has 0 aliphatic carbocycles. The van der Waals surface area contributed by atoms with Crippen molar-refractivity contribution in [2.75, 3.05) is 6.54 Å². The van der Waals surface area contributed by atoms with Gasteiger partial charge in [0.05, 0.1) is 22.6 Å². The average molecular weight is 535 g/mol. The van der Waals surface area contributed by atoms with E-state index in [4.69, 9.17) is 0 Å². The molecule has 3 aromatic rings. The van der Waals surface area contributed by atoms with Crippen molar-refractivity contribution in [1.29, 1.82) is 0 Å². The summed E-state index contributed by atoms with van der Waals surface area (Å²) in [5.41, 5.74) is 5.49. The van der Waals surface area contributed by atoms with Crippen LogP contribution in [0.15, 0.2) is 48.0 Å². The minimum Gasteiger partial charge on any atom is -0.350 e. The van der Waals surface area contributed by atoms with Gasteiger partial charge in [0.25, 0.3) is 5.91 Å². The third-order valence-electron chi connectivity index (χ3n) is 7.43. The predicted molar refractivity (Wildman–Crippen MR) is 144 cm³/mol. The van der Waals surface area contributed by atoms with Gasteiger partial charge in [0, 0.05) is 24.2 Å². The number of carbonyl (C=O) groups excluding carboxylic acids is 3. The second-order valence-corrected chi connectivity index (χ2v) is 11.1. The zero-order valence-corrected chi connectivity index (χ0v) is 22.6. The molecule has 2 aliphatic rings. The number of likely N-dealkylation sites (tertiary alicyclic amines) is 1. The first kappa shape index (κ1) is 26.0. The molecular formula is C29H31FN4O3S. The van der Waals surface area contributed by atoms with E-state index in [1.807, 2.05) is 50.5 Å². The van der Waals surface area contributed by atoms with Gasteiger partial charge in [-0.1, -0.05) is 44.2 Å². The van der Waals surface area contributed by atoms with Crippen molar-refractivity contribution >= 4 is 29.1 Å². The molecule has 0 spiro atoms. The number of amides is 3. The third kappa shape index (κ3) is 4.82. The van der Waals surface area contributed by atoms with Gasteiger partial charge in [0.2, 0.25) is 11.8 Å². The molecule has 3 heterocycles. The fourth-order valence-electron chi connectivity index (χ4n) is 5.45. The summed E-state index contributed by atoms with van der Waals surface area (Å²) in [7, 11) is 0. The Morgan fingerprint density at radius 1 is 1.18 bits per heavy atom. The molecule has 1 N–H and O–H groups in total. The van der Waals surface area contributed by atoms with Crippen LogP contribution in [-0.4, -0.2) is 51.1 Å². The van der Waals surface area contributed by atoms with Crippen molar-refractivity contribution in [1.82, 2.24) is 20.1 Å². The Morgan fingerprint density at radius 3 is 2.61 bits per heavy atom. The van der Waals surface area contributed by atoms with Crippen LogP contribution in [0.4, 0.5) is 4.39 Å². The third-order valence-corrected chi connectivity index (χ3v) is 8.40. The Morgan fingerprint density at radius 2 is 1.95 bits per heavy atom. The molecular weight excluding hydrogens is 503 g/mol. The fraction of sp³-hybridized carbons (Fsp3) is 0.379. The second-order valence-electron chi connectivity index (χ2n) is 10.3. The number of fused-ring (bicyclic) bond motifs is 1. The van der Waals surface area contributed by atoms with Gasteiger partial charge >= 0.3 is 0 Å². The minimum atomic E-state index is -0.773. The minimum absolute atomic E-state index is 0.0528. The van der Waals surface area contributed by atoms with Crippen LogP contribution in [0.25, 0.3) is 10.4 Å². The molecule has 2 aromatic carbocycles. The van der Waals surface area contributed by atoms with Crippen LogP contribution in [0.5, 0.6) is 0 Å². The molecule has 1 aromatic heterocycles. The number of nitrogens with zero attached hydrogens (tertiary/aromatic N) is 3. The number of halogens is 1. The highest BCUT2D eigenvalue weighted by molar-refractivity contribution is 7.13. The van der Waals surface area contributed by atoms with E-state index >= 15 is 0 Å². The number of thiazole rings is 1. The number of hydrogen-bond acceptors (Lipinski definition) is 5. The topological polar surface area (TPSA) is 82.6 Å². The molecule has 2 atom stereocenters. The summed E-state index contributed by atoms with van der Waals surface area (Å²) < 4.78 is 14.4. The molecule has 1 saturated heterocycles. The Kier molecular flexibility index (Phi) is 7.29. The van der Waals surface area contributed by atoms with E-state index in [1.54, 1.807) is 22.3 Å². The molecule has 0 bridgehead atoms. The Labute approximate surface area is 225 Å². The van der Waals surface area contributed by atoms with Crippen LogP contribution in [-0.2, 0) is 22.7 Å². The lowest BCUT2D eigenvalue weighted by atomic mass is 10.0. The normalized spacial score (nSPS) is 17.7. The smallest absolute Gasteiger partial charge is 0.255 e.